The van der Waals surface area contributed by atoms with E-state index in [0.717, 1.165) is 28.7 Å². The Labute approximate surface area is 196 Å². The van der Waals surface area contributed by atoms with Crippen molar-refractivity contribution in [1.82, 2.24) is 5.32 Å². The summed E-state index contributed by atoms with van der Waals surface area (Å²) in [5, 5.41) is 3.18. The van der Waals surface area contributed by atoms with Gasteiger partial charge < -0.3 is 20.6 Å². The second-order valence-electron chi connectivity index (χ2n) is 8.93. The SMILES string of the molecule is CC(C)(N)CC(NC(=O)c1cc(COc2ccccc2)ccc1CCC=O)c1ccccc1. The molecule has 0 radical (unpaired) electrons. The molecule has 0 aliphatic heterocycles. The molecular weight excluding hydrogens is 412 g/mol. The van der Waals surface area contributed by atoms with Gasteiger partial charge in [-0.25, -0.2) is 0 Å². The molecular formula is C28H32N2O3. The normalized spacial score (nSPS) is 12.1. The number of aldehydes is 1. The van der Waals surface area contributed by atoms with Gasteiger partial charge in [-0.15, -0.1) is 0 Å². The third-order valence-electron chi connectivity index (χ3n) is 5.34. The number of hydrogen-bond acceptors (Lipinski definition) is 4. The van der Waals surface area contributed by atoms with Crippen molar-refractivity contribution < 1.29 is 14.3 Å². The van der Waals surface area contributed by atoms with Crippen LogP contribution in [-0.2, 0) is 17.8 Å². The van der Waals surface area contributed by atoms with Crippen molar-refractivity contribution in [3.8, 4) is 5.75 Å². The summed E-state index contributed by atoms with van der Waals surface area (Å²) >= 11 is 0. The summed E-state index contributed by atoms with van der Waals surface area (Å²) in [4.78, 5) is 24.4. The Morgan fingerprint density at radius 2 is 1.70 bits per heavy atom. The van der Waals surface area contributed by atoms with Gasteiger partial charge in [-0.3, -0.25) is 4.79 Å². The summed E-state index contributed by atoms with van der Waals surface area (Å²) in [5.41, 5.74) is 9.12. The molecule has 33 heavy (non-hydrogen) atoms. The molecule has 3 N–H and O–H groups in total. The van der Waals surface area contributed by atoms with Crippen molar-refractivity contribution in [3.05, 3.63) is 101 Å². The van der Waals surface area contributed by atoms with Crippen LogP contribution in [0.4, 0.5) is 0 Å². The Hall–Kier alpha value is -3.44. The fourth-order valence-electron chi connectivity index (χ4n) is 3.74. The third kappa shape index (κ3) is 7.58. The fraction of sp³-hybridized carbons (Fsp3) is 0.286. The average Bonchev–Trinajstić information content (AvgIpc) is 2.81. The molecule has 0 spiro atoms. The van der Waals surface area contributed by atoms with Gasteiger partial charge in [0.05, 0.1) is 6.04 Å². The second kappa shape index (κ2) is 11.4. The number of carbonyl (C=O) groups excluding carboxylic acids is 2. The van der Waals surface area contributed by atoms with Crippen LogP contribution >= 0.6 is 0 Å². The summed E-state index contributed by atoms with van der Waals surface area (Å²) in [6, 6.07) is 24.9. The van der Waals surface area contributed by atoms with E-state index < -0.39 is 5.54 Å². The molecule has 0 heterocycles. The van der Waals surface area contributed by atoms with Gasteiger partial charge in [0.25, 0.3) is 5.91 Å². The lowest BCUT2D eigenvalue weighted by atomic mass is 9.91. The molecule has 0 aliphatic rings. The second-order valence-corrected chi connectivity index (χ2v) is 8.93. The van der Waals surface area contributed by atoms with Gasteiger partial charge in [-0.1, -0.05) is 60.7 Å². The topological polar surface area (TPSA) is 81.4 Å². The highest BCUT2D eigenvalue weighted by atomic mass is 16.5. The summed E-state index contributed by atoms with van der Waals surface area (Å²) in [6.45, 7) is 4.24. The number of aryl methyl sites for hydroxylation is 1. The molecule has 1 unspecified atom stereocenters. The molecule has 0 aliphatic carbocycles. The standard InChI is InChI=1S/C28H32N2O3/c1-28(2,29)19-26(23-10-5-3-6-11-23)30-27(32)25-18-21(15-16-22(25)12-9-17-31)20-33-24-13-7-4-8-14-24/h3-8,10-11,13-18,26H,9,12,19-20,29H2,1-2H3,(H,30,32). The van der Waals surface area contributed by atoms with E-state index in [2.05, 4.69) is 5.32 Å². The van der Waals surface area contributed by atoms with Crippen molar-refractivity contribution in [3.63, 3.8) is 0 Å². The van der Waals surface area contributed by atoms with E-state index in [1.165, 1.54) is 0 Å². The maximum Gasteiger partial charge on any atom is 0.252 e. The van der Waals surface area contributed by atoms with Gasteiger partial charge >= 0.3 is 0 Å². The van der Waals surface area contributed by atoms with Crippen molar-refractivity contribution in [2.24, 2.45) is 5.73 Å². The minimum absolute atomic E-state index is 0.185. The smallest absolute Gasteiger partial charge is 0.252 e. The van der Waals surface area contributed by atoms with Gasteiger partial charge in [0, 0.05) is 17.5 Å². The minimum Gasteiger partial charge on any atom is -0.489 e. The van der Waals surface area contributed by atoms with E-state index in [0.29, 0.717) is 31.4 Å². The van der Waals surface area contributed by atoms with Gasteiger partial charge in [0.2, 0.25) is 0 Å². The van der Waals surface area contributed by atoms with E-state index >= 15 is 0 Å². The lowest BCUT2D eigenvalue weighted by Crippen LogP contribution is -2.39. The molecule has 0 fully saturated rings. The molecule has 172 valence electrons. The van der Waals surface area contributed by atoms with Crippen LogP contribution in [0.25, 0.3) is 0 Å². The highest BCUT2D eigenvalue weighted by molar-refractivity contribution is 5.96. The zero-order valence-corrected chi connectivity index (χ0v) is 19.3. The minimum atomic E-state index is -0.459. The molecule has 0 bridgehead atoms. The molecule has 5 nitrogen and oxygen atoms in total. The van der Waals surface area contributed by atoms with E-state index in [1.807, 2.05) is 92.7 Å². The molecule has 3 aromatic carbocycles. The molecule has 0 aromatic heterocycles. The quantitative estimate of drug-likeness (QED) is 0.408. The molecule has 1 atom stereocenters. The monoisotopic (exact) mass is 444 g/mol. The lowest BCUT2D eigenvalue weighted by Gasteiger charge is -2.27. The lowest BCUT2D eigenvalue weighted by molar-refractivity contribution is -0.107. The first-order valence-electron chi connectivity index (χ1n) is 11.2. The third-order valence-corrected chi connectivity index (χ3v) is 5.34. The number of para-hydroxylation sites is 1. The van der Waals surface area contributed by atoms with Gasteiger partial charge in [-0.05, 0) is 61.6 Å². The van der Waals surface area contributed by atoms with Gasteiger partial charge in [0.15, 0.2) is 0 Å². The number of hydrogen-bond donors (Lipinski definition) is 2. The highest BCUT2D eigenvalue weighted by Crippen LogP contribution is 2.24. The summed E-state index contributed by atoms with van der Waals surface area (Å²) in [5.74, 6) is 0.582. The Bertz CT molecular complexity index is 1040. The van der Waals surface area contributed by atoms with Crippen LogP contribution in [0.5, 0.6) is 5.75 Å². The van der Waals surface area contributed by atoms with Crippen LogP contribution in [0, 0.1) is 0 Å². The Morgan fingerprint density at radius 3 is 2.33 bits per heavy atom. The van der Waals surface area contributed by atoms with Crippen LogP contribution in [0.2, 0.25) is 0 Å². The van der Waals surface area contributed by atoms with Gasteiger partial charge in [0.1, 0.15) is 18.6 Å². The Balaban J connectivity index is 1.84. The highest BCUT2D eigenvalue weighted by Gasteiger charge is 2.24. The molecule has 3 aromatic rings. The number of rotatable bonds is 11. The summed E-state index contributed by atoms with van der Waals surface area (Å²) < 4.78 is 5.86. The van der Waals surface area contributed by atoms with E-state index in [1.54, 1.807) is 0 Å². The van der Waals surface area contributed by atoms with Crippen LogP contribution in [-0.4, -0.2) is 17.7 Å². The maximum absolute atomic E-state index is 13.4. The number of carbonyl (C=O) groups is 2. The van der Waals surface area contributed by atoms with E-state index in [4.69, 9.17) is 10.5 Å². The molecule has 3 rings (SSSR count). The number of benzene rings is 3. The Morgan fingerprint density at radius 1 is 1.03 bits per heavy atom. The largest absolute Gasteiger partial charge is 0.489 e. The summed E-state index contributed by atoms with van der Waals surface area (Å²) in [6.07, 6.45) is 2.32. The van der Waals surface area contributed by atoms with Crippen molar-refractivity contribution >= 4 is 12.2 Å². The van der Waals surface area contributed by atoms with E-state index in [9.17, 15) is 9.59 Å². The van der Waals surface area contributed by atoms with Crippen LogP contribution in [0.1, 0.15) is 59.8 Å². The number of ether oxygens (including phenoxy) is 1. The maximum atomic E-state index is 13.4. The first-order chi connectivity index (χ1) is 15.9. The van der Waals surface area contributed by atoms with Gasteiger partial charge in [-0.2, -0.15) is 0 Å². The zero-order chi connectivity index (χ0) is 23.7. The molecule has 5 heteroatoms. The number of nitrogens with one attached hydrogen (secondary N) is 1. The predicted molar refractivity (Wildman–Crippen MR) is 131 cm³/mol. The van der Waals surface area contributed by atoms with Crippen LogP contribution in [0.15, 0.2) is 78.9 Å². The predicted octanol–water partition coefficient (Wildman–Crippen LogP) is 5.00. The first-order valence-corrected chi connectivity index (χ1v) is 11.2. The number of amides is 1. The van der Waals surface area contributed by atoms with Crippen LogP contribution in [0.3, 0.4) is 0 Å². The van der Waals surface area contributed by atoms with Crippen molar-refractivity contribution in [2.75, 3.05) is 0 Å². The van der Waals surface area contributed by atoms with Crippen molar-refractivity contribution in [1.29, 1.82) is 0 Å². The van der Waals surface area contributed by atoms with Crippen molar-refractivity contribution in [2.45, 2.75) is 51.3 Å². The fourth-order valence-corrected chi connectivity index (χ4v) is 3.74. The molecule has 1 amide bonds. The molecule has 0 saturated heterocycles. The number of nitrogens with two attached hydrogens (primary N) is 1. The Kier molecular flexibility index (Phi) is 8.39. The van der Waals surface area contributed by atoms with E-state index in [-0.39, 0.29) is 11.9 Å². The summed E-state index contributed by atoms with van der Waals surface area (Å²) in [7, 11) is 0. The van der Waals surface area contributed by atoms with Crippen LogP contribution < -0.4 is 15.8 Å². The zero-order valence-electron chi connectivity index (χ0n) is 19.3. The molecule has 0 saturated carbocycles. The first kappa shape index (κ1) is 24.2. The average molecular weight is 445 g/mol.